The molecule has 0 atom stereocenters. The van der Waals surface area contributed by atoms with Gasteiger partial charge in [-0.3, -0.25) is 8.42 Å². The van der Waals surface area contributed by atoms with Crippen molar-refractivity contribution in [2.75, 3.05) is 6.61 Å². The van der Waals surface area contributed by atoms with E-state index in [0.29, 0.717) is 6.61 Å². The molecule has 0 N–H and O–H groups in total. The molecule has 0 saturated carbocycles. The topological polar surface area (TPSA) is 117 Å². The van der Waals surface area contributed by atoms with Gasteiger partial charge in [0.15, 0.2) is 5.75 Å². The quantitative estimate of drug-likeness (QED) is 0.143. The monoisotopic (exact) mass is 436 g/mol. The van der Waals surface area contributed by atoms with Crippen molar-refractivity contribution in [2.45, 2.75) is 64.7 Å². The summed E-state index contributed by atoms with van der Waals surface area (Å²) in [6.45, 7) is 2.72. The third-order valence-electron chi connectivity index (χ3n) is 3.91. The Morgan fingerprint density at radius 1 is 0.964 bits per heavy atom. The summed E-state index contributed by atoms with van der Waals surface area (Å²) in [5.41, 5.74) is 2.48. The van der Waals surface area contributed by atoms with Crippen LogP contribution in [0.1, 0.15) is 63.0 Å². The molecule has 150 valence electrons. The Hall–Kier alpha value is 0.770. The number of hydrogen-bond acceptors (Lipinski definition) is 8. The zero-order valence-corrected chi connectivity index (χ0v) is 21.8. The van der Waals surface area contributed by atoms with Gasteiger partial charge in [0.1, 0.15) is 0 Å². The average molecular weight is 436 g/mol. The molecule has 28 heavy (non-hydrogen) atoms. The van der Waals surface area contributed by atoms with Gasteiger partial charge >= 0.3 is 59.1 Å². The predicted octanol–water partition coefficient (Wildman–Crippen LogP) is -2.62. The Bertz CT molecular complexity index is 579. The van der Waals surface area contributed by atoms with Gasteiger partial charge in [-0.2, -0.15) is 0 Å². The second-order valence-corrected chi connectivity index (χ2v) is 6.78. The van der Waals surface area contributed by atoms with Gasteiger partial charge in [-0.1, -0.05) is 57.6 Å². The largest absolute Gasteiger partial charge is 1.00 e. The van der Waals surface area contributed by atoms with Crippen LogP contribution >= 0.6 is 0 Å². The van der Waals surface area contributed by atoms with Crippen molar-refractivity contribution in [2.24, 2.45) is 0 Å². The summed E-state index contributed by atoms with van der Waals surface area (Å²) in [7, 11) is -5.17. The minimum atomic E-state index is -5.17. The molecule has 0 aromatic heterocycles. The van der Waals surface area contributed by atoms with Gasteiger partial charge in [-0.15, -0.1) is 0 Å². The van der Waals surface area contributed by atoms with Gasteiger partial charge in [-0.05, 0) is 35.9 Å². The van der Waals surface area contributed by atoms with Crippen molar-refractivity contribution in [1.29, 1.82) is 0 Å². The molecule has 11 heteroatoms. The molecule has 1 heterocycles. The van der Waals surface area contributed by atoms with Crippen LogP contribution < -0.4 is 64.0 Å². The first-order chi connectivity index (χ1) is 12.4. The van der Waals surface area contributed by atoms with Gasteiger partial charge in [-0.25, -0.2) is 4.89 Å². The maximum Gasteiger partial charge on any atom is 1.00 e. The predicted molar refractivity (Wildman–Crippen MR) is 91.1 cm³/mol. The molecule has 1 aromatic rings. The molecule has 0 fully saturated rings. The molecule has 8 nitrogen and oxygen atoms in total. The standard InChI is InChI=1S/C17H26O4.2Na.H2O4S/c1-2-3-4-5-6-7-8-11-16-15-10-9-12-17(16)19-21-20-18-14-13-15;;;1-5(2,3)4/h9-10,12H,2-8,11,13-14H2,1H3;;;(H2,1,2,3,4)/q;2*+1;/p-2. The minimum absolute atomic E-state index is 0. The fourth-order valence-electron chi connectivity index (χ4n) is 2.72. The Morgan fingerprint density at radius 2 is 1.57 bits per heavy atom. The fraction of sp³-hybridized carbons (Fsp3) is 0.647. The van der Waals surface area contributed by atoms with Crippen molar-refractivity contribution in [1.82, 2.24) is 0 Å². The number of rotatable bonds is 8. The van der Waals surface area contributed by atoms with Crippen LogP contribution in [0.25, 0.3) is 0 Å². The van der Waals surface area contributed by atoms with Crippen LogP contribution in [-0.4, -0.2) is 24.1 Å². The molecule has 0 saturated heterocycles. The molecule has 0 spiro atoms. The van der Waals surface area contributed by atoms with E-state index < -0.39 is 10.4 Å². The third-order valence-corrected chi connectivity index (χ3v) is 3.91. The van der Waals surface area contributed by atoms with Crippen LogP contribution in [0, 0.1) is 0 Å². The van der Waals surface area contributed by atoms with Crippen LogP contribution in [0.5, 0.6) is 5.75 Å². The number of benzene rings is 1. The molecule has 0 unspecified atom stereocenters. The smallest absolute Gasteiger partial charge is 0.759 e. The molecule has 2 rings (SSSR count). The van der Waals surface area contributed by atoms with Crippen LogP contribution in [0.15, 0.2) is 18.2 Å². The van der Waals surface area contributed by atoms with Crippen LogP contribution in [-0.2, 0) is 38.2 Å². The van der Waals surface area contributed by atoms with E-state index in [-0.39, 0.29) is 59.1 Å². The molecule has 0 amide bonds. The Kier molecular flexibility index (Phi) is 20.5. The normalized spacial score (nSPS) is 13.2. The minimum Gasteiger partial charge on any atom is -0.759 e. The number of unbranched alkanes of at least 4 members (excludes halogenated alkanes) is 6. The zero-order chi connectivity index (χ0) is 19.3. The maximum absolute atomic E-state index is 8.52. The average Bonchev–Trinajstić information content (AvgIpc) is 2.61. The zero-order valence-electron chi connectivity index (χ0n) is 17.0. The second-order valence-electron chi connectivity index (χ2n) is 5.96. The number of hydrogen-bond donors (Lipinski definition) is 0. The molecule has 2 bridgehead atoms. The van der Waals surface area contributed by atoms with Crippen LogP contribution in [0.2, 0.25) is 0 Å². The summed E-state index contributed by atoms with van der Waals surface area (Å²) in [4.78, 5) is 10.0. The van der Waals surface area contributed by atoms with E-state index >= 15 is 0 Å². The Labute approximate surface area is 211 Å². The van der Waals surface area contributed by atoms with Gasteiger partial charge in [0.2, 0.25) is 0 Å². The first kappa shape index (κ1) is 31.0. The molecule has 0 aliphatic carbocycles. The van der Waals surface area contributed by atoms with Gasteiger partial charge < -0.3 is 14.0 Å². The van der Waals surface area contributed by atoms with Crippen molar-refractivity contribution in [3.05, 3.63) is 29.3 Å². The van der Waals surface area contributed by atoms with E-state index in [1.165, 1.54) is 56.1 Å². The fourth-order valence-corrected chi connectivity index (χ4v) is 2.72. The van der Waals surface area contributed by atoms with Crippen molar-refractivity contribution >= 4 is 10.4 Å². The van der Waals surface area contributed by atoms with Crippen molar-refractivity contribution in [3.8, 4) is 5.75 Å². The summed E-state index contributed by atoms with van der Waals surface area (Å²) in [6, 6.07) is 6.01. The van der Waals surface area contributed by atoms with Gasteiger partial charge in [0.05, 0.1) is 6.61 Å². The molecular weight excluding hydrogens is 410 g/mol. The molecule has 1 aliphatic rings. The summed E-state index contributed by atoms with van der Waals surface area (Å²) >= 11 is 0. The molecular formula is C17H26Na2O8S. The molecule has 1 aromatic carbocycles. The molecule has 1 aliphatic heterocycles. The van der Waals surface area contributed by atoms with Gasteiger partial charge in [0.25, 0.3) is 0 Å². The van der Waals surface area contributed by atoms with Crippen LogP contribution in [0.4, 0.5) is 0 Å². The molecule has 0 radical (unpaired) electrons. The summed E-state index contributed by atoms with van der Waals surface area (Å²) < 4.78 is 34.1. The maximum atomic E-state index is 8.52. The van der Waals surface area contributed by atoms with E-state index in [9.17, 15) is 0 Å². The Morgan fingerprint density at radius 3 is 2.21 bits per heavy atom. The van der Waals surface area contributed by atoms with E-state index in [0.717, 1.165) is 18.6 Å². The summed E-state index contributed by atoms with van der Waals surface area (Å²) in [5.74, 6) is 0.740. The van der Waals surface area contributed by atoms with E-state index in [1.54, 1.807) is 0 Å². The van der Waals surface area contributed by atoms with Crippen molar-refractivity contribution < 1.29 is 96.5 Å². The SMILES string of the molecule is CCCCCCCCCc1c2cccc1OOOOCC2.O=S(=O)([O-])[O-].[Na+].[Na+]. The first-order valence-electron chi connectivity index (χ1n) is 8.82. The summed E-state index contributed by atoms with van der Waals surface area (Å²) in [5, 5.41) is 9.06. The number of fused-ring (bicyclic) bond motifs is 2. The van der Waals surface area contributed by atoms with Crippen LogP contribution in [0.3, 0.4) is 0 Å². The van der Waals surface area contributed by atoms with E-state index in [2.05, 4.69) is 23.1 Å². The van der Waals surface area contributed by atoms with Gasteiger partial charge in [0, 0.05) is 21.0 Å². The Balaban J connectivity index is 0. The third kappa shape index (κ3) is 16.6. The van der Waals surface area contributed by atoms with E-state index in [4.69, 9.17) is 27.3 Å². The van der Waals surface area contributed by atoms with Crippen molar-refractivity contribution in [3.63, 3.8) is 0 Å². The summed E-state index contributed by atoms with van der Waals surface area (Å²) in [6.07, 6.45) is 11.0. The van der Waals surface area contributed by atoms with E-state index in [1.807, 2.05) is 12.1 Å². The second kappa shape index (κ2) is 18.5. The first-order valence-corrected chi connectivity index (χ1v) is 10.2.